The van der Waals surface area contributed by atoms with E-state index in [1.165, 1.54) is 7.11 Å². The van der Waals surface area contributed by atoms with E-state index < -0.39 is 0 Å². The van der Waals surface area contributed by atoms with Crippen LogP contribution in [0.4, 0.5) is 0 Å². The predicted molar refractivity (Wildman–Crippen MR) is 104 cm³/mol. The maximum atomic E-state index is 12.6. The van der Waals surface area contributed by atoms with E-state index in [0.717, 1.165) is 5.56 Å². The number of Topliss-reactive ketones (excluding diaryl/α,β-unsaturated/α-hetero) is 2. The van der Waals surface area contributed by atoms with Crippen molar-refractivity contribution in [2.24, 2.45) is 0 Å². The molecule has 0 saturated carbocycles. The number of terminal acetylenes is 1. The smallest absolute Gasteiger partial charge is 0.197 e. The van der Waals surface area contributed by atoms with Crippen LogP contribution in [0.15, 0.2) is 54.6 Å². The minimum absolute atomic E-state index is 0.104. The van der Waals surface area contributed by atoms with E-state index in [1.54, 1.807) is 42.5 Å². The van der Waals surface area contributed by atoms with Crippen molar-refractivity contribution < 1.29 is 19.1 Å². The SMILES string of the molecule is C#CCOc1c(CC=C)cc(C=C2C(=O)c3ccccc3C2=O)cc1OC. The first-order valence-electron chi connectivity index (χ1n) is 8.39. The third-order valence-electron chi connectivity index (χ3n) is 4.25. The molecule has 4 heteroatoms. The highest BCUT2D eigenvalue weighted by Crippen LogP contribution is 2.35. The van der Waals surface area contributed by atoms with Gasteiger partial charge in [-0.05, 0) is 30.2 Å². The van der Waals surface area contributed by atoms with E-state index >= 15 is 0 Å². The second-order valence-electron chi connectivity index (χ2n) is 5.96. The molecule has 0 unspecified atom stereocenters. The summed E-state index contributed by atoms with van der Waals surface area (Å²) in [5, 5.41) is 0. The number of carbonyl (C=O) groups excluding carboxylic acids is 2. The van der Waals surface area contributed by atoms with E-state index in [9.17, 15) is 9.59 Å². The number of ether oxygens (including phenoxy) is 2. The van der Waals surface area contributed by atoms with Crippen molar-refractivity contribution in [3.05, 3.63) is 76.9 Å². The number of methoxy groups -OCH3 is 1. The Hall–Kier alpha value is -3.58. The van der Waals surface area contributed by atoms with Crippen LogP contribution in [-0.2, 0) is 6.42 Å². The van der Waals surface area contributed by atoms with Crippen molar-refractivity contribution in [2.45, 2.75) is 6.42 Å². The summed E-state index contributed by atoms with van der Waals surface area (Å²) in [6.45, 7) is 3.86. The van der Waals surface area contributed by atoms with Crippen LogP contribution in [0.3, 0.4) is 0 Å². The molecule has 0 atom stereocenters. The Morgan fingerprint density at radius 1 is 1.15 bits per heavy atom. The molecule has 4 nitrogen and oxygen atoms in total. The van der Waals surface area contributed by atoms with Crippen LogP contribution < -0.4 is 9.47 Å². The monoisotopic (exact) mass is 358 g/mol. The summed E-state index contributed by atoms with van der Waals surface area (Å²) in [5.74, 6) is 2.90. The summed E-state index contributed by atoms with van der Waals surface area (Å²) in [7, 11) is 1.52. The molecule has 0 saturated heterocycles. The van der Waals surface area contributed by atoms with Crippen LogP contribution >= 0.6 is 0 Å². The van der Waals surface area contributed by atoms with Crippen LogP contribution in [0.5, 0.6) is 11.5 Å². The van der Waals surface area contributed by atoms with Crippen molar-refractivity contribution >= 4 is 17.6 Å². The Kier molecular flexibility index (Phi) is 5.23. The first kappa shape index (κ1) is 18.2. The van der Waals surface area contributed by atoms with Gasteiger partial charge in [-0.25, -0.2) is 0 Å². The Labute approximate surface area is 158 Å². The van der Waals surface area contributed by atoms with Gasteiger partial charge in [0.05, 0.1) is 12.7 Å². The van der Waals surface area contributed by atoms with Gasteiger partial charge < -0.3 is 9.47 Å². The van der Waals surface area contributed by atoms with E-state index in [0.29, 0.717) is 34.6 Å². The third kappa shape index (κ3) is 3.40. The van der Waals surface area contributed by atoms with Gasteiger partial charge in [0.15, 0.2) is 23.1 Å². The number of hydrogen-bond donors (Lipinski definition) is 0. The predicted octanol–water partition coefficient (Wildman–Crippen LogP) is 3.90. The fraction of sp³-hybridized carbons (Fsp3) is 0.130. The minimum atomic E-state index is -0.271. The van der Waals surface area contributed by atoms with Crippen molar-refractivity contribution in [1.82, 2.24) is 0 Å². The highest BCUT2D eigenvalue weighted by Gasteiger charge is 2.32. The van der Waals surface area contributed by atoms with Gasteiger partial charge in [0.25, 0.3) is 0 Å². The highest BCUT2D eigenvalue weighted by molar-refractivity contribution is 6.41. The molecule has 1 aliphatic rings. The second kappa shape index (κ2) is 7.76. The molecule has 0 amide bonds. The molecule has 2 aromatic carbocycles. The molecule has 0 aliphatic heterocycles. The molecule has 0 N–H and O–H groups in total. The summed E-state index contributed by atoms with van der Waals surface area (Å²) in [6.07, 6.45) is 9.13. The van der Waals surface area contributed by atoms with Gasteiger partial charge in [-0.3, -0.25) is 9.59 Å². The number of allylic oxidation sites excluding steroid dienone is 2. The lowest BCUT2D eigenvalue weighted by Crippen LogP contribution is -2.03. The molecule has 0 spiro atoms. The number of carbonyl (C=O) groups is 2. The first-order valence-corrected chi connectivity index (χ1v) is 8.39. The maximum absolute atomic E-state index is 12.6. The molecule has 134 valence electrons. The second-order valence-corrected chi connectivity index (χ2v) is 5.96. The Morgan fingerprint density at radius 2 is 1.81 bits per heavy atom. The Balaban J connectivity index is 2.08. The Morgan fingerprint density at radius 3 is 2.37 bits per heavy atom. The van der Waals surface area contributed by atoms with Crippen molar-refractivity contribution in [3.8, 4) is 23.8 Å². The van der Waals surface area contributed by atoms with Gasteiger partial charge in [0.1, 0.15) is 6.61 Å². The zero-order valence-electron chi connectivity index (χ0n) is 15.0. The van der Waals surface area contributed by atoms with Crippen LogP contribution in [0.1, 0.15) is 31.8 Å². The normalized spacial score (nSPS) is 12.4. The summed E-state index contributed by atoms with van der Waals surface area (Å²) in [5.41, 5.74) is 2.48. The molecule has 2 aromatic rings. The first-order chi connectivity index (χ1) is 13.1. The van der Waals surface area contributed by atoms with E-state index in [1.807, 2.05) is 6.07 Å². The van der Waals surface area contributed by atoms with Gasteiger partial charge in [-0.15, -0.1) is 13.0 Å². The van der Waals surface area contributed by atoms with Gasteiger partial charge >= 0.3 is 0 Å². The van der Waals surface area contributed by atoms with Crippen LogP contribution in [0, 0.1) is 12.3 Å². The molecule has 0 fully saturated rings. The van der Waals surface area contributed by atoms with Crippen LogP contribution in [0.2, 0.25) is 0 Å². The number of rotatable bonds is 6. The fourth-order valence-corrected chi connectivity index (χ4v) is 3.07. The average Bonchev–Trinajstić information content (AvgIpc) is 2.92. The average molecular weight is 358 g/mol. The number of fused-ring (bicyclic) bond motifs is 1. The zero-order chi connectivity index (χ0) is 19.4. The number of ketones is 2. The van der Waals surface area contributed by atoms with Crippen molar-refractivity contribution in [3.63, 3.8) is 0 Å². The van der Waals surface area contributed by atoms with E-state index in [-0.39, 0.29) is 23.7 Å². The topological polar surface area (TPSA) is 52.6 Å². The summed E-state index contributed by atoms with van der Waals surface area (Å²) < 4.78 is 11.0. The summed E-state index contributed by atoms with van der Waals surface area (Å²) in [6, 6.07) is 10.4. The summed E-state index contributed by atoms with van der Waals surface area (Å²) >= 11 is 0. The molecule has 27 heavy (non-hydrogen) atoms. The molecule has 0 heterocycles. The Bertz CT molecular complexity index is 969. The molecule has 0 radical (unpaired) electrons. The van der Waals surface area contributed by atoms with E-state index in [4.69, 9.17) is 15.9 Å². The number of hydrogen-bond acceptors (Lipinski definition) is 4. The van der Waals surface area contributed by atoms with Crippen LogP contribution in [0.25, 0.3) is 6.08 Å². The van der Waals surface area contributed by atoms with Gasteiger partial charge in [-0.2, -0.15) is 0 Å². The van der Waals surface area contributed by atoms with Crippen molar-refractivity contribution in [1.29, 1.82) is 0 Å². The zero-order valence-corrected chi connectivity index (χ0v) is 15.0. The molecule has 0 bridgehead atoms. The van der Waals surface area contributed by atoms with Crippen LogP contribution in [-0.4, -0.2) is 25.3 Å². The molecular formula is C23H18O4. The third-order valence-corrected chi connectivity index (χ3v) is 4.25. The lowest BCUT2D eigenvalue weighted by Gasteiger charge is -2.14. The molecule has 0 aromatic heterocycles. The fourth-order valence-electron chi connectivity index (χ4n) is 3.07. The lowest BCUT2D eigenvalue weighted by atomic mass is 10.0. The van der Waals surface area contributed by atoms with Gasteiger partial charge in [-0.1, -0.05) is 36.3 Å². The van der Waals surface area contributed by atoms with Gasteiger partial charge in [0.2, 0.25) is 0 Å². The maximum Gasteiger partial charge on any atom is 0.197 e. The van der Waals surface area contributed by atoms with Crippen molar-refractivity contribution in [2.75, 3.05) is 13.7 Å². The van der Waals surface area contributed by atoms with Gasteiger partial charge in [0, 0.05) is 16.7 Å². The lowest BCUT2D eigenvalue weighted by molar-refractivity contribution is 0.0990. The highest BCUT2D eigenvalue weighted by atomic mass is 16.5. The molecular weight excluding hydrogens is 340 g/mol. The minimum Gasteiger partial charge on any atom is -0.493 e. The largest absolute Gasteiger partial charge is 0.493 e. The standard InChI is InChI=1S/C23H18O4/c1-4-8-16-12-15(14-20(26-3)23(16)27-11-5-2)13-19-21(24)17-9-6-7-10-18(17)22(19)25/h2,4,6-7,9-10,12-14H,1,8,11H2,3H3. The van der Waals surface area contributed by atoms with E-state index in [2.05, 4.69) is 12.5 Å². The number of benzene rings is 2. The summed E-state index contributed by atoms with van der Waals surface area (Å²) in [4.78, 5) is 25.2. The quantitative estimate of drug-likeness (QED) is 0.340. The molecule has 1 aliphatic carbocycles. The molecule has 3 rings (SSSR count).